The zero-order valence-corrected chi connectivity index (χ0v) is 14.6. The Morgan fingerprint density at radius 3 is 2.71 bits per heavy atom. The summed E-state index contributed by atoms with van der Waals surface area (Å²) in [5.74, 6) is -0.184. The van der Waals surface area contributed by atoms with Crippen molar-refractivity contribution in [1.29, 1.82) is 0 Å². The van der Waals surface area contributed by atoms with Crippen molar-refractivity contribution >= 4 is 11.8 Å². The molecule has 5 nitrogen and oxygen atoms in total. The second-order valence-electron chi connectivity index (χ2n) is 6.66. The van der Waals surface area contributed by atoms with E-state index in [9.17, 15) is 14.7 Å². The Morgan fingerprint density at radius 1 is 1.38 bits per heavy atom. The predicted octanol–water partition coefficient (Wildman–Crippen LogP) is 1.60. The van der Waals surface area contributed by atoms with Gasteiger partial charge in [-0.15, -0.1) is 0 Å². The summed E-state index contributed by atoms with van der Waals surface area (Å²) in [4.78, 5) is 26.3. The lowest BCUT2D eigenvalue weighted by molar-refractivity contribution is -0.129. The van der Waals surface area contributed by atoms with E-state index in [1.807, 2.05) is 44.2 Å². The fourth-order valence-electron chi connectivity index (χ4n) is 3.03. The first kappa shape index (κ1) is 18.5. The summed E-state index contributed by atoms with van der Waals surface area (Å²) in [6, 6.07) is 9.80. The molecular weight excluding hydrogens is 304 g/mol. The number of hydrogen-bond donors (Lipinski definition) is 2. The van der Waals surface area contributed by atoms with Crippen LogP contribution in [-0.4, -0.2) is 47.6 Å². The average Bonchev–Trinajstić information content (AvgIpc) is 2.99. The Balaban J connectivity index is 1.85. The van der Waals surface area contributed by atoms with E-state index in [1.165, 1.54) is 5.56 Å². The van der Waals surface area contributed by atoms with Crippen LogP contribution in [0.5, 0.6) is 0 Å². The molecule has 5 heteroatoms. The number of likely N-dealkylation sites (tertiary alicyclic amines) is 1. The highest BCUT2D eigenvalue weighted by atomic mass is 16.3. The zero-order chi connectivity index (χ0) is 17.5. The van der Waals surface area contributed by atoms with Crippen molar-refractivity contribution in [2.75, 3.05) is 19.7 Å². The minimum atomic E-state index is -0.314. The van der Waals surface area contributed by atoms with Gasteiger partial charge in [-0.3, -0.25) is 9.59 Å². The second kappa shape index (κ2) is 8.83. The zero-order valence-electron chi connectivity index (χ0n) is 14.6. The van der Waals surface area contributed by atoms with Crippen LogP contribution < -0.4 is 5.32 Å². The van der Waals surface area contributed by atoms with Crippen LogP contribution in [0.4, 0.5) is 0 Å². The van der Waals surface area contributed by atoms with Gasteiger partial charge >= 0.3 is 0 Å². The second-order valence-corrected chi connectivity index (χ2v) is 6.66. The van der Waals surface area contributed by atoms with Crippen LogP contribution in [0.15, 0.2) is 30.3 Å². The molecule has 1 heterocycles. The van der Waals surface area contributed by atoms with Gasteiger partial charge in [0.25, 0.3) is 0 Å². The third kappa shape index (κ3) is 4.81. The number of benzene rings is 1. The summed E-state index contributed by atoms with van der Waals surface area (Å²) in [7, 11) is 0. The third-order valence-electron chi connectivity index (χ3n) is 4.95. The molecular formula is C19H28N2O3. The molecule has 0 bridgehead atoms. The number of rotatable bonds is 8. The van der Waals surface area contributed by atoms with Crippen molar-refractivity contribution in [2.45, 2.75) is 39.2 Å². The molecule has 0 aliphatic carbocycles. The summed E-state index contributed by atoms with van der Waals surface area (Å²) >= 11 is 0. The summed E-state index contributed by atoms with van der Waals surface area (Å²) in [6.45, 7) is 5.08. The maximum Gasteiger partial charge on any atom is 0.225 e. The fraction of sp³-hybridized carbons (Fsp3) is 0.579. The van der Waals surface area contributed by atoms with E-state index in [1.54, 1.807) is 4.90 Å². The maximum atomic E-state index is 12.4. The number of amides is 2. The van der Waals surface area contributed by atoms with Crippen LogP contribution >= 0.6 is 0 Å². The highest BCUT2D eigenvalue weighted by Crippen LogP contribution is 2.19. The number of aliphatic hydroxyl groups is 1. The largest absolute Gasteiger partial charge is 0.394 e. The van der Waals surface area contributed by atoms with Gasteiger partial charge < -0.3 is 15.3 Å². The first-order chi connectivity index (χ1) is 11.5. The molecule has 3 atom stereocenters. The molecule has 1 saturated heterocycles. The molecule has 1 aliphatic heterocycles. The first-order valence-corrected chi connectivity index (χ1v) is 8.78. The van der Waals surface area contributed by atoms with Crippen LogP contribution in [-0.2, 0) is 16.0 Å². The number of carbonyl (C=O) groups excluding carboxylic acids is 2. The molecule has 1 aliphatic rings. The normalized spacial score (nSPS) is 20.0. The molecule has 0 aromatic heterocycles. The predicted molar refractivity (Wildman–Crippen MR) is 93.3 cm³/mol. The van der Waals surface area contributed by atoms with Crippen molar-refractivity contribution in [3.63, 3.8) is 0 Å². The molecule has 1 aromatic carbocycles. The van der Waals surface area contributed by atoms with Crippen LogP contribution in [0.1, 0.15) is 32.3 Å². The molecule has 2 amide bonds. The number of aliphatic hydroxyl groups excluding tert-OH is 1. The molecule has 2 N–H and O–H groups in total. The summed E-state index contributed by atoms with van der Waals surface area (Å²) in [6.07, 6.45) is 1.95. The van der Waals surface area contributed by atoms with Gasteiger partial charge in [0.1, 0.15) is 0 Å². The minimum Gasteiger partial charge on any atom is -0.394 e. The van der Waals surface area contributed by atoms with Gasteiger partial charge in [-0.2, -0.15) is 0 Å². The van der Waals surface area contributed by atoms with Crippen molar-refractivity contribution in [1.82, 2.24) is 10.2 Å². The van der Waals surface area contributed by atoms with E-state index < -0.39 is 0 Å². The van der Waals surface area contributed by atoms with Crippen LogP contribution in [0.2, 0.25) is 0 Å². The summed E-state index contributed by atoms with van der Waals surface area (Å²) in [5, 5.41) is 12.3. The van der Waals surface area contributed by atoms with Crippen molar-refractivity contribution in [3.05, 3.63) is 35.9 Å². The smallest absolute Gasteiger partial charge is 0.225 e. The minimum absolute atomic E-state index is 0.0372. The fourth-order valence-corrected chi connectivity index (χ4v) is 3.03. The highest BCUT2D eigenvalue weighted by molar-refractivity contribution is 5.89. The van der Waals surface area contributed by atoms with Crippen molar-refractivity contribution < 1.29 is 14.7 Å². The van der Waals surface area contributed by atoms with Gasteiger partial charge in [0, 0.05) is 19.5 Å². The summed E-state index contributed by atoms with van der Waals surface area (Å²) in [5.41, 5.74) is 1.19. The Bertz CT molecular complexity index is 547. The highest BCUT2D eigenvalue weighted by Gasteiger charge is 2.35. The van der Waals surface area contributed by atoms with E-state index >= 15 is 0 Å². The van der Waals surface area contributed by atoms with E-state index in [0.29, 0.717) is 13.1 Å². The Kier molecular flexibility index (Phi) is 6.79. The van der Waals surface area contributed by atoms with Crippen LogP contribution in [0.3, 0.4) is 0 Å². The quantitative estimate of drug-likeness (QED) is 0.760. The summed E-state index contributed by atoms with van der Waals surface area (Å²) < 4.78 is 0. The third-order valence-corrected chi connectivity index (χ3v) is 4.95. The molecule has 0 saturated carbocycles. The molecule has 1 unspecified atom stereocenters. The van der Waals surface area contributed by atoms with Gasteiger partial charge in [-0.1, -0.05) is 50.6 Å². The van der Waals surface area contributed by atoms with E-state index in [-0.39, 0.29) is 42.7 Å². The monoisotopic (exact) mass is 332 g/mol. The lowest BCUT2D eigenvalue weighted by Gasteiger charge is -2.24. The lowest BCUT2D eigenvalue weighted by Crippen LogP contribution is -2.45. The number of nitrogens with one attached hydrogen (secondary N) is 1. The van der Waals surface area contributed by atoms with Gasteiger partial charge in [-0.05, 0) is 17.9 Å². The molecule has 1 fully saturated rings. The van der Waals surface area contributed by atoms with Crippen LogP contribution in [0.25, 0.3) is 0 Å². The maximum absolute atomic E-state index is 12.4. The number of hydrogen-bond acceptors (Lipinski definition) is 3. The Morgan fingerprint density at radius 2 is 2.08 bits per heavy atom. The van der Waals surface area contributed by atoms with Gasteiger partial charge in [0.15, 0.2) is 0 Å². The number of carbonyl (C=O) groups is 2. The van der Waals surface area contributed by atoms with Gasteiger partial charge in [-0.25, -0.2) is 0 Å². The number of nitrogens with zero attached hydrogens (tertiary/aromatic N) is 1. The van der Waals surface area contributed by atoms with E-state index in [0.717, 1.165) is 12.8 Å². The molecule has 2 rings (SSSR count). The molecule has 0 radical (unpaired) electrons. The molecule has 1 aromatic rings. The Labute approximate surface area is 144 Å². The molecule has 24 heavy (non-hydrogen) atoms. The van der Waals surface area contributed by atoms with Gasteiger partial charge in [0.05, 0.1) is 18.6 Å². The lowest BCUT2D eigenvalue weighted by atomic mass is 9.98. The van der Waals surface area contributed by atoms with Crippen LogP contribution in [0, 0.1) is 11.8 Å². The molecule has 132 valence electrons. The standard InChI is InChI=1S/C19H28N2O3/c1-3-14(2)17(13-22)20-19(24)16-11-18(23)21(12-16)10-9-15-7-5-4-6-8-15/h4-8,14,16-17,22H,3,9-13H2,1-2H3,(H,20,24)/t14-,16?,17-/m1/s1. The molecule has 0 spiro atoms. The van der Waals surface area contributed by atoms with Crippen molar-refractivity contribution in [3.8, 4) is 0 Å². The van der Waals surface area contributed by atoms with Gasteiger partial charge in [0.2, 0.25) is 11.8 Å². The topological polar surface area (TPSA) is 69.6 Å². The van der Waals surface area contributed by atoms with Crippen molar-refractivity contribution in [2.24, 2.45) is 11.8 Å². The van der Waals surface area contributed by atoms with E-state index in [4.69, 9.17) is 0 Å². The van der Waals surface area contributed by atoms with E-state index in [2.05, 4.69) is 5.32 Å². The SMILES string of the molecule is CC[C@@H](C)[C@@H](CO)NC(=O)C1CC(=O)N(CCc2ccccc2)C1. The average molecular weight is 332 g/mol. The Hall–Kier alpha value is -1.88. The first-order valence-electron chi connectivity index (χ1n) is 8.78.